The van der Waals surface area contributed by atoms with Crippen molar-refractivity contribution in [3.05, 3.63) is 30.3 Å². The summed E-state index contributed by atoms with van der Waals surface area (Å²) in [6, 6.07) is 9.53. The fourth-order valence-corrected chi connectivity index (χ4v) is 1.28. The summed E-state index contributed by atoms with van der Waals surface area (Å²) in [5.74, 6) is 0.840. The van der Waals surface area contributed by atoms with Gasteiger partial charge in [-0.1, -0.05) is 0 Å². The number of hydrogen-bond donors (Lipinski definition) is 0. The van der Waals surface area contributed by atoms with Crippen LogP contribution < -0.4 is 3.82 Å². The van der Waals surface area contributed by atoms with E-state index in [0.717, 1.165) is 5.75 Å². The zero-order valence-electron chi connectivity index (χ0n) is 4.58. The van der Waals surface area contributed by atoms with Gasteiger partial charge in [0, 0.05) is 0 Å². The van der Waals surface area contributed by atoms with Crippen molar-refractivity contribution >= 4 is 24.5 Å². The van der Waals surface area contributed by atoms with Gasteiger partial charge in [0.1, 0.15) is 0 Å². The van der Waals surface area contributed by atoms with E-state index in [1.807, 2.05) is 30.3 Å². The molecule has 0 amide bonds. The SMILES string of the molecule is Cl[Se]Oc1ccccc1. The molecule has 9 heavy (non-hydrogen) atoms. The molecule has 3 heteroatoms. The normalized spacial score (nSPS) is 9.00. The summed E-state index contributed by atoms with van der Waals surface area (Å²) in [6.07, 6.45) is 0. The molecular formula is C6H5ClOSe. The van der Waals surface area contributed by atoms with Gasteiger partial charge in [-0.05, 0) is 0 Å². The number of rotatable bonds is 2. The topological polar surface area (TPSA) is 9.23 Å². The summed E-state index contributed by atoms with van der Waals surface area (Å²) in [6.45, 7) is 0. The van der Waals surface area contributed by atoms with E-state index in [4.69, 9.17) is 13.9 Å². The maximum atomic E-state index is 5.38. The average Bonchev–Trinajstić information content (AvgIpc) is 1.91. The maximum absolute atomic E-state index is 5.38. The Morgan fingerprint density at radius 1 is 1.22 bits per heavy atom. The monoisotopic (exact) mass is 208 g/mol. The molecule has 0 heterocycles. The second kappa shape index (κ2) is 3.78. The van der Waals surface area contributed by atoms with Crippen LogP contribution in [0.3, 0.4) is 0 Å². The predicted octanol–water partition coefficient (Wildman–Crippen LogP) is 1.84. The third kappa shape index (κ3) is 2.27. The number of halogens is 1. The molecule has 0 saturated carbocycles. The number of benzene rings is 1. The van der Waals surface area contributed by atoms with Crippen LogP contribution in [0.5, 0.6) is 5.75 Å². The van der Waals surface area contributed by atoms with Gasteiger partial charge in [0.05, 0.1) is 0 Å². The molecular weight excluding hydrogens is 202 g/mol. The minimum atomic E-state index is -0.249. The van der Waals surface area contributed by atoms with Gasteiger partial charge in [-0.15, -0.1) is 0 Å². The van der Waals surface area contributed by atoms with Crippen molar-refractivity contribution in [3.8, 4) is 5.75 Å². The Balaban J connectivity index is 2.61. The number of hydrogen-bond acceptors (Lipinski definition) is 1. The molecule has 0 fully saturated rings. The molecule has 48 valence electrons. The summed E-state index contributed by atoms with van der Waals surface area (Å²) in [5, 5.41) is 0. The minimum absolute atomic E-state index is 0.249. The molecule has 0 aromatic heterocycles. The predicted molar refractivity (Wildman–Crippen MR) is 38.7 cm³/mol. The molecule has 0 aliphatic rings. The van der Waals surface area contributed by atoms with Crippen LogP contribution in [0.25, 0.3) is 0 Å². The molecule has 1 rings (SSSR count). The summed E-state index contributed by atoms with van der Waals surface area (Å²) >= 11 is -0.249. The molecule has 0 atom stereocenters. The van der Waals surface area contributed by atoms with Gasteiger partial charge >= 0.3 is 64.4 Å². The first-order valence-corrected chi connectivity index (χ1v) is 5.39. The van der Waals surface area contributed by atoms with E-state index < -0.39 is 0 Å². The summed E-state index contributed by atoms with van der Waals surface area (Å²) < 4.78 is 5.03. The Morgan fingerprint density at radius 2 is 1.89 bits per heavy atom. The Hall–Kier alpha value is -0.171. The molecule has 0 unspecified atom stereocenters. The molecule has 0 N–H and O–H groups in total. The van der Waals surface area contributed by atoms with Crippen molar-refractivity contribution in [3.63, 3.8) is 0 Å². The van der Waals surface area contributed by atoms with Gasteiger partial charge in [0.2, 0.25) is 0 Å². The Morgan fingerprint density at radius 3 is 2.44 bits per heavy atom. The Bertz CT molecular complexity index is 166. The fourth-order valence-electron chi connectivity index (χ4n) is 0.512. The molecule has 0 spiro atoms. The van der Waals surface area contributed by atoms with E-state index in [1.165, 1.54) is 0 Å². The molecule has 1 aromatic rings. The molecule has 0 saturated heterocycles. The first kappa shape index (κ1) is 6.94. The van der Waals surface area contributed by atoms with Gasteiger partial charge in [-0.3, -0.25) is 0 Å². The van der Waals surface area contributed by atoms with Crippen LogP contribution >= 0.6 is 10.1 Å². The van der Waals surface area contributed by atoms with Crippen molar-refractivity contribution in [1.29, 1.82) is 0 Å². The van der Waals surface area contributed by atoms with Crippen LogP contribution in [-0.4, -0.2) is 14.4 Å². The molecule has 0 aliphatic carbocycles. The molecule has 0 bridgehead atoms. The van der Waals surface area contributed by atoms with E-state index in [-0.39, 0.29) is 14.4 Å². The van der Waals surface area contributed by atoms with E-state index in [1.54, 1.807) is 0 Å². The summed E-state index contributed by atoms with van der Waals surface area (Å²) in [5.41, 5.74) is 0. The second-order valence-electron chi connectivity index (χ2n) is 1.46. The van der Waals surface area contributed by atoms with Crippen LogP contribution in [0.1, 0.15) is 0 Å². The van der Waals surface area contributed by atoms with Crippen molar-refractivity contribution in [2.24, 2.45) is 0 Å². The van der Waals surface area contributed by atoms with Gasteiger partial charge in [0.25, 0.3) is 0 Å². The second-order valence-corrected chi connectivity index (χ2v) is 2.73. The summed E-state index contributed by atoms with van der Waals surface area (Å²) in [4.78, 5) is 0. The third-order valence-electron chi connectivity index (χ3n) is 0.871. The van der Waals surface area contributed by atoms with Gasteiger partial charge < -0.3 is 0 Å². The number of para-hydroxylation sites is 1. The van der Waals surface area contributed by atoms with Crippen LogP contribution in [0.2, 0.25) is 0 Å². The van der Waals surface area contributed by atoms with Crippen molar-refractivity contribution in [2.75, 3.05) is 0 Å². The van der Waals surface area contributed by atoms with Crippen LogP contribution in [0, 0.1) is 0 Å². The quantitative estimate of drug-likeness (QED) is 0.673. The van der Waals surface area contributed by atoms with Crippen molar-refractivity contribution < 1.29 is 3.82 Å². The Kier molecular flexibility index (Phi) is 2.92. The molecule has 1 aromatic carbocycles. The standard InChI is InChI=1S/C6H5ClOSe/c7-9-8-6-4-2-1-3-5-6/h1-5H. The van der Waals surface area contributed by atoms with Crippen LogP contribution in [0.4, 0.5) is 0 Å². The average molecular weight is 208 g/mol. The van der Waals surface area contributed by atoms with E-state index in [0.29, 0.717) is 0 Å². The van der Waals surface area contributed by atoms with E-state index >= 15 is 0 Å². The molecule has 1 nitrogen and oxygen atoms in total. The van der Waals surface area contributed by atoms with Gasteiger partial charge in [-0.2, -0.15) is 0 Å². The zero-order valence-corrected chi connectivity index (χ0v) is 7.05. The van der Waals surface area contributed by atoms with Gasteiger partial charge in [-0.25, -0.2) is 0 Å². The molecule has 0 aliphatic heterocycles. The van der Waals surface area contributed by atoms with E-state index in [2.05, 4.69) is 0 Å². The van der Waals surface area contributed by atoms with Gasteiger partial charge in [0.15, 0.2) is 0 Å². The third-order valence-corrected chi connectivity index (χ3v) is 1.73. The molecule has 0 radical (unpaired) electrons. The van der Waals surface area contributed by atoms with Crippen LogP contribution in [0.15, 0.2) is 30.3 Å². The zero-order chi connectivity index (χ0) is 6.53. The summed E-state index contributed by atoms with van der Waals surface area (Å²) in [7, 11) is 5.38. The first-order valence-electron chi connectivity index (χ1n) is 2.44. The first-order chi connectivity index (χ1) is 4.43. The van der Waals surface area contributed by atoms with Crippen LogP contribution in [-0.2, 0) is 0 Å². The van der Waals surface area contributed by atoms with Crippen molar-refractivity contribution in [1.82, 2.24) is 0 Å². The van der Waals surface area contributed by atoms with Crippen molar-refractivity contribution in [2.45, 2.75) is 0 Å². The Labute approximate surface area is 64.7 Å². The fraction of sp³-hybridized carbons (Fsp3) is 0. The van der Waals surface area contributed by atoms with E-state index in [9.17, 15) is 0 Å².